The predicted molar refractivity (Wildman–Crippen MR) is 80.2 cm³/mol. The molecular weight excluding hydrogens is 301 g/mol. The number of aromatic nitrogens is 2. The van der Waals surface area contributed by atoms with Gasteiger partial charge < -0.3 is 10.0 Å². The maximum Gasteiger partial charge on any atom is 0.292 e. The first-order chi connectivity index (χ1) is 9.54. The molecule has 1 heterocycles. The molecule has 0 unspecified atom stereocenters. The van der Waals surface area contributed by atoms with E-state index in [1.54, 1.807) is 36.2 Å². The summed E-state index contributed by atoms with van der Waals surface area (Å²) < 4.78 is 1.20. The van der Waals surface area contributed by atoms with Crippen molar-refractivity contribution in [3.63, 3.8) is 0 Å². The van der Waals surface area contributed by atoms with E-state index in [0.717, 1.165) is 0 Å². The first kappa shape index (κ1) is 14.8. The molecule has 0 saturated heterocycles. The van der Waals surface area contributed by atoms with Crippen LogP contribution >= 0.6 is 23.2 Å². The molecule has 5 nitrogen and oxygen atoms in total. The molecule has 0 fully saturated rings. The van der Waals surface area contributed by atoms with Gasteiger partial charge in [0.25, 0.3) is 5.56 Å². The van der Waals surface area contributed by atoms with E-state index < -0.39 is 5.56 Å². The highest BCUT2D eigenvalue weighted by Gasteiger charge is 2.13. The Morgan fingerprint density at radius 1 is 1.30 bits per heavy atom. The highest BCUT2D eigenvalue weighted by molar-refractivity contribution is 6.33. The van der Waals surface area contributed by atoms with E-state index in [1.807, 2.05) is 0 Å². The van der Waals surface area contributed by atoms with E-state index in [0.29, 0.717) is 22.9 Å². The number of rotatable bonds is 4. The molecule has 0 bridgehead atoms. The lowest BCUT2D eigenvalue weighted by molar-refractivity contribution is 0.304. The van der Waals surface area contributed by atoms with Gasteiger partial charge in [-0.25, -0.2) is 0 Å². The van der Waals surface area contributed by atoms with Gasteiger partial charge in [0.05, 0.1) is 24.2 Å². The smallest absolute Gasteiger partial charge is 0.292 e. The van der Waals surface area contributed by atoms with Gasteiger partial charge in [-0.15, -0.1) is 0 Å². The number of nitrogens with zero attached hydrogens (tertiary/aromatic N) is 3. The SMILES string of the molecule is CN(CCO)c1cnn(-c2ccc(Cl)cc2)c(=O)c1Cl. The quantitative estimate of drug-likeness (QED) is 0.937. The number of hydrogen-bond acceptors (Lipinski definition) is 4. The van der Waals surface area contributed by atoms with Crippen molar-refractivity contribution in [2.75, 3.05) is 25.1 Å². The molecule has 1 N–H and O–H groups in total. The van der Waals surface area contributed by atoms with Crippen LogP contribution in [0.3, 0.4) is 0 Å². The van der Waals surface area contributed by atoms with Gasteiger partial charge >= 0.3 is 0 Å². The van der Waals surface area contributed by atoms with Crippen molar-refractivity contribution in [3.05, 3.63) is 50.9 Å². The van der Waals surface area contributed by atoms with Crippen LogP contribution in [0.15, 0.2) is 35.3 Å². The second kappa shape index (κ2) is 6.26. The highest BCUT2D eigenvalue weighted by atomic mass is 35.5. The van der Waals surface area contributed by atoms with Crippen LogP contribution in [0.4, 0.5) is 5.69 Å². The van der Waals surface area contributed by atoms with Crippen molar-refractivity contribution in [1.82, 2.24) is 9.78 Å². The molecule has 0 radical (unpaired) electrons. The summed E-state index contributed by atoms with van der Waals surface area (Å²) in [5.74, 6) is 0. The second-order valence-electron chi connectivity index (χ2n) is 4.18. The molecule has 0 spiro atoms. The molecule has 20 heavy (non-hydrogen) atoms. The van der Waals surface area contributed by atoms with Crippen LogP contribution in [-0.2, 0) is 0 Å². The van der Waals surface area contributed by atoms with Gasteiger partial charge in [0.15, 0.2) is 0 Å². The van der Waals surface area contributed by atoms with Crippen LogP contribution in [0, 0.1) is 0 Å². The molecule has 0 aliphatic carbocycles. The maximum atomic E-state index is 12.2. The fraction of sp³-hybridized carbons (Fsp3) is 0.231. The van der Waals surface area contributed by atoms with E-state index in [2.05, 4.69) is 5.10 Å². The molecule has 0 aliphatic rings. The van der Waals surface area contributed by atoms with Gasteiger partial charge in [-0.1, -0.05) is 23.2 Å². The molecule has 1 aromatic carbocycles. The summed E-state index contributed by atoms with van der Waals surface area (Å²) in [7, 11) is 1.73. The van der Waals surface area contributed by atoms with E-state index in [-0.39, 0.29) is 11.6 Å². The zero-order valence-electron chi connectivity index (χ0n) is 10.8. The average molecular weight is 314 g/mol. The zero-order chi connectivity index (χ0) is 14.7. The van der Waals surface area contributed by atoms with Crippen LogP contribution in [0.2, 0.25) is 10.0 Å². The lowest BCUT2D eigenvalue weighted by Gasteiger charge is -2.19. The molecule has 0 aliphatic heterocycles. The summed E-state index contributed by atoms with van der Waals surface area (Å²) in [6, 6.07) is 6.71. The van der Waals surface area contributed by atoms with Gasteiger partial charge in [0, 0.05) is 18.6 Å². The topological polar surface area (TPSA) is 58.4 Å². The Labute approximate surface area is 126 Å². The van der Waals surface area contributed by atoms with Crippen molar-refractivity contribution in [3.8, 4) is 5.69 Å². The Bertz CT molecular complexity index is 656. The number of likely N-dealkylation sites (N-methyl/N-ethyl adjacent to an activating group) is 1. The molecular formula is C13H13Cl2N3O2. The molecule has 0 saturated carbocycles. The Morgan fingerprint density at radius 3 is 2.55 bits per heavy atom. The van der Waals surface area contributed by atoms with Crippen LogP contribution in [0.25, 0.3) is 5.69 Å². The number of benzene rings is 1. The second-order valence-corrected chi connectivity index (χ2v) is 5.00. The Morgan fingerprint density at radius 2 is 1.95 bits per heavy atom. The first-order valence-corrected chi connectivity index (χ1v) is 6.66. The Balaban J connectivity index is 2.46. The summed E-state index contributed by atoms with van der Waals surface area (Å²) in [5, 5.41) is 13.6. The van der Waals surface area contributed by atoms with Crippen molar-refractivity contribution >= 4 is 28.9 Å². The lowest BCUT2D eigenvalue weighted by Crippen LogP contribution is -2.27. The predicted octanol–water partition coefficient (Wildman–Crippen LogP) is 1.97. The molecule has 0 atom stereocenters. The van der Waals surface area contributed by atoms with Crippen LogP contribution in [0.5, 0.6) is 0 Å². The van der Waals surface area contributed by atoms with E-state index >= 15 is 0 Å². The van der Waals surface area contributed by atoms with Crippen LogP contribution in [-0.4, -0.2) is 35.1 Å². The van der Waals surface area contributed by atoms with Crippen molar-refractivity contribution < 1.29 is 5.11 Å². The largest absolute Gasteiger partial charge is 0.395 e. The van der Waals surface area contributed by atoms with E-state index in [1.165, 1.54) is 10.9 Å². The van der Waals surface area contributed by atoms with E-state index in [9.17, 15) is 4.79 Å². The highest BCUT2D eigenvalue weighted by Crippen LogP contribution is 2.20. The summed E-state index contributed by atoms with van der Waals surface area (Å²) in [4.78, 5) is 13.9. The fourth-order valence-electron chi connectivity index (χ4n) is 1.73. The average Bonchev–Trinajstić information content (AvgIpc) is 2.43. The molecule has 2 rings (SSSR count). The molecule has 2 aromatic rings. The minimum absolute atomic E-state index is 0.0346. The van der Waals surface area contributed by atoms with Gasteiger partial charge in [-0.2, -0.15) is 9.78 Å². The third-order valence-electron chi connectivity index (χ3n) is 2.82. The molecule has 0 amide bonds. The molecule has 1 aromatic heterocycles. The zero-order valence-corrected chi connectivity index (χ0v) is 12.3. The first-order valence-electron chi connectivity index (χ1n) is 5.90. The van der Waals surface area contributed by atoms with E-state index in [4.69, 9.17) is 28.3 Å². The number of hydrogen-bond donors (Lipinski definition) is 1. The minimum atomic E-state index is -0.420. The lowest BCUT2D eigenvalue weighted by atomic mass is 10.3. The minimum Gasteiger partial charge on any atom is -0.395 e. The van der Waals surface area contributed by atoms with Crippen LogP contribution < -0.4 is 10.5 Å². The third kappa shape index (κ3) is 2.95. The monoisotopic (exact) mass is 313 g/mol. The van der Waals surface area contributed by atoms with Gasteiger partial charge in [-0.3, -0.25) is 4.79 Å². The summed E-state index contributed by atoms with van der Waals surface area (Å²) >= 11 is 11.9. The number of aliphatic hydroxyl groups is 1. The van der Waals surface area contributed by atoms with Crippen molar-refractivity contribution in [2.45, 2.75) is 0 Å². The maximum absolute atomic E-state index is 12.2. The summed E-state index contributed by atoms with van der Waals surface area (Å²) in [6.45, 7) is 0.332. The number of halogens is 2. The van der Waals surface area contributed by atoms with Gasteiger partial charge in [0.2, 0.25) is 0 Å². The van der Waals surface area contributed by atoms with Crippen LogP contribution in [0.1, 0.15) is 0 Å². The summed E-state index contributed by atoms with van der Waals surface area (Å²) in [6.07, 6.45) is 1.49. The summed E-state index contributed by atoms with van der Waals surface area (Å²) in [5.41, 5.74) is 0.643. The van der Waals surface area contributed by atoms with Crippen molar-refractivity contribution in [2.24, 2.45) is 0 Å². The van der Waals surface area contributed by atoms with Gasteiger partial charge in [-0.05, 0) is 24.3 Å². The Kier molecular flexibility index (Phi) is 4.65. The third-order valence-corrected chi connectivity index (χ3v) is 3.43. The number of anilines is 1. The molecule has 7 heteroatoms. The standard InChI is InChI=1S/C13H13Cl2N3O2/c1-17(6-7-19)11-8-16-18(13(20)12(11)15)10-4-2-9(14)3-5-10/h2-5,8,19H,6-7H2,1H3. The molecule has 106 valence electrons. The van der Waals surface area contributed by atoms with Crippen molar-refractivity contribution in [1.29, 1.82) is 0 Å². The van der Waals surface area contributed by atoms with Gasteiger partial charge in [0.1, 0.15) is 5.02 Å². The Hall–Kier alpha value is -1.56. The fourth-order valence-corrected chi connectivity index (χ4v) is 2.13. The number of aliphatic hydroxyl groups excluding tert-OH is 1. The normalized spacial score (nSPS) is 10.6.